The minimum Gasteiger partial charge on any atom is -0.446 e. The molecule has 0 radical (unpaired) electrons. The lowest BCUT2D eigenvalue weighted by Gasteiger charge is -2.25. The monoisotopic (exact) mass is 596 g/mol. The predicted molar refractivity (Wildman–Crippen MR) is 166 cm³/mol. The van der Waals surface area contributed by atoms with Crippen molar-refractivity contribution in [3.05, 3.63) is 113 Å². The number of nitrogens with one attached hydrogen (secondary N) is 2. The number of carbonyl (C=O) groups excluding carboxylic acids is 2. The second-order valence-electron chi connectivity index (χ2n) is 11.7. The second kappa shape index (κ2) is 14.4. The quantitative estimate of drug-likeness (QED) is 0.220. The van der Waals surface area contributed by atoms with E-state index in [1.807, 2.05) is 49.6 Å². The number of aliphatic hydroxyl groups excluding tert-OH is 1. The van der Waals surface area contributed by atoms with Crippen LogP contribution in [-0.2, 0) is 13.0 Å². The standard InChI is InChI=1S/C34H40N6O4/c1-22(2)26-12-25(15-35-17-26)16-36-20-31(41)29(13-24-8-5-4-6-9-24)39-32(42)27-14-28(19-37-18-27)34(43)40-11-7-10-30(40)33-38-23(3)21-44-33/h4-6,8-9,12,14-15,17-19,21-22,29-31,36,41H,7,10-11,13,16,20H2,1-3H3,(H,39,42)/t29-,30+,31+/m0/s1. The van der Waals surface area contributed by atoms with Crippen molar-refractivity contribution in [1.29, 1.82) is 0 Å². The molecule has 0 aliphatic carbocycles. The van der Waals surface area contributed by atoms with E-state index in [0.29, 0.717) is 36.9 Å². The summed E-state index contributed by atoms with van der Waals surface area (Å²) in [5.74, 6) is 0.246. The lowest BCUT2D eigenvalue weighted by molar-refractivity contribution is 0.0715. The van der Waals surface area contributed by atoms with Crippen molar-refractivity contribution in [3.8, 4) is 0 Å². The highest BCUT2D eigenvalue weighted by Gasteiger charge is 2.34. The fourth-order valence-corrected chi connectivity index (χ4v) is 5.47. The van der Waals surface area contributed by atoms with Gasteiger partial charge in [0.15, 0.2) is 0 Å². The number of aliphatic hydroxyl groups is 1. The van der Waals surface area contributed by atoms with Gasteiger partial charge in [-0.15, -0.1) is 0 Å². The summed E-state index contributed by atoms with van der Waals surface area (Å²) in [6, 6.07) is 12.5. The maximum Gasteiger partial charge on any atom is 0.256 e. The first kappa shape index (κ1) is 31.0. The summed E-state index contributed by atoms with van der Waals surface area (Å²) in [4.78, 5) is 41.7. The lowest BCUT2D eigenvalue weighted by Crippen LogP contribution is -2.48. The molecule has 5 rings (SSSR count). The van der Waals surface area contributed by atoms with Gasteiger partial charge in [-0.1, -0.05) is 50.2 Å². The Balaban J connectivity index is 1.26. The summed E-state index contributed by atoms with van der Waals surface area (Å²) < 4.78 is 5.59. The molecular weight excluding hydrogens is 556 g/mol. The van der Waals surface area contributed by atoms with Crippen LogP contribution in [0.15, 0.2) is 77.9 Å². The van der Waals surface area contributed by atoms with Gasteiger partial charge in [-0.2, -0.15) is 0 Å². The number of aryl methyl sites for hydroxylation is 1. The minimum atomic E-state index is -0.882. The van der Waals surface area contributed by atoms with E-state index in [1.54, 1.807) is 17.2 Å². The summed E-state index contributed by atoms with van der Waals surface area (Å²) in [6.07, 6.45) is 9.30. The maximum absolute atomic E-state index is 13.5. The van der Waals surface area contributed by atoms with E-state index in [4.69, 9.17) is 4.42 Å². The molecule has 0 bridgehead atoms. The highest BCUT2D eigenvalue weighted by Crippen LogP contribution is 2.32. The van der Waals surface area contributed by atoms with Crippen LogP contribution in [0.3, 0.4) is 0 Å². The number of aromatic nitrogens is 3. The van der Waals surface area contributed by atoms with Crippen molar-refractivity contribution < 1.29 is 19.1 Å². The van der Waals surface area contributed by atoms with E-state index in [-0.39, 0.29) is 24.1 Å². The molecule has 0 saturated carbocycles. The first-order valence-corrected chi connectivity index (χ1v) is 15.1. The Hall–Kier alpha value is -4.41. The first-order chi connectivity index (χ1) is 21.3. The van der Waals surface area contributed by atoms with E-state index < -0.39 is 18.1 Å². The summed E-state index contributed by atoms with van der Waals surface area (Å²) in [6.45, 7) is 7.46. The highest BCUT2D eigenvalue weighted by molar-refractivity contribution is 5.99. The molecule has 1 fully saturated rings. The van der Waals surface area contributed by atoms with Gasteiger partial charge in [0.25, 0.3) is 11.8 Å². The smallest absolute Gasteiger partial charge is 0.256 e. The van der Waals surface area contributed by atoms with Gasteiger partial charge < -0.3 is 25.1 Å². The summed E-state index contributed by atoms with van der Waals surface area (Å²) >= 11 is 0. The first-order valence-electron chi connectivity index (χ1n) is 15.1. The van der Waals surface area contributed by atoms with Gasteiger partial charge in [-0.05, 0) is 54.9 Å². The van der Waals surface area contributed by atoms with Crippen molar-refractivity contribution in [2.24, 2.45) is 0 Å². The number of carbonyl (C=O) groups is 2. The maximum atomic E-state index is 13.5. The molecule has 1 saturated heterocycles. The number of likely N-dealkylation sites (tertiary alicyclic amines) is 1. The van der Waals surface area contributed by atoms with Crippen molar-refractivity contribution in [1.82, 2.24) is 30.5 Å². The third-order valence-corrected chi connectivity index (χ3v) is 7.93. The zero-order valence-electron chi connectivity index (χ0n) is 25.4. The molecule has 4 heterocycles. The van der Waals surface area contributed by atoms with Gasteiger partial charge in [-0.25, -0.2) is 4.98 Å². The number of pyridine rings is 2. The van der Waals surface area contributed by atoms with Crippen LogP contribution in [-0.4, -0.2) is 62.0 Å². The normalized spacial score (nSPS) is 16.2. The molecule has 2 amide bonds. The van der Waals surface area contributed by atoms with Gasteiger partial charge in [0.2, 0.25) is 5.89 Å². The molecule has 3 atom stereocenters. The Kier molecular flexibility index (Phi) is 10.1. The van der Waals surface area contributed by atoms with E-state index in [1.165, 1.54) is 12.4 Å². The number of hydrogen-bond donors (Lipinski definition) is 3. The molecule has 230 valence electrons. The molecule has 4 aromatic rings. The SMILES string of the molecule is Cc1coc([C@H]2CCCN2C(=O)c2cncc(C(=O)N[C@@H](Cc3ccccc3)[C@H](O)CNCc3cncc(C(C)C)c3)c2)n1. The van der Waals surface area contributed by atoms with Crippen LogP contribution >= 0.6 is 0 Å². The Morgan fingerprint density at radius 2 is 1.82 bits per heavy atom. The number of nitrogens with zero attached hydrogens (tertiary/aromatic N) is 4. The molecule has 10 heteroatoms. The summed E-state index contributed by atoms with van der Waals surface area (Å²) in [5.41, 5.74) is 4.48. The Labute approximate surface area is 258 Å². The van der Waals surface area contributed by atoms with Crippen LogP contribution in [0.1, 0.15) is 87.6 Å². The zero-order valence-corrected chi connectivity index (χ0v) is 25.4. The van der Waals surface area contributed by atoms with Gasteiger partial charge in [0, 0.05) is 44.4 Å². The van der Waals surface area contributed by atoms with E-state index in [2.05, 4.69) is 45.5 Å². The average molecular weight is 597 g/mol. The van der Waals surface area contributed by atoms with Crippen LogP contribution < -0.4 is 10.6 Å². The molecule has 44 heavy (non-hydrogen) atoms. The highest BCUT2D eigenvalue weighted by atomic mass is 16.3. The molecule has 10 nitrogen and oxygen atoms in total. The molecular formula is C34H40N6O4. The van der Waals surface area contributed by atoms with E-state index >= 15 is 0 Å². The molecule has 3 N–H and O–H groups in total. The number of oxazole rings is 1. The third kappa shape index (κ3) is 7.75. The number of benzene rings is 1. The molecule has 1 aliphatic heterocycles. The van der Waals surface area contributed by atoms with Crippen molar-refractivity contribution in [2.75, 3.05) is 13.1 Å². The van der Waals surface area contributed by atoms with Crippen LogP contribution in [0.5, 0.6) is 0 Å². The van der Waals surface area contributed by atoms with Crippen molar-refractivity contribution >= 4 is 11.8 Å². The summed E-state index contributed by atoms with van der Waals surface area (Å²) in [5, 5.41) is 17.5. The fourth-order valence-electron chi connectivity index (χ4n) is 5.47. The molecule has 3 aromatic heterocycles. The van der Waals surface area contributed by atoms with Crippen LogP contribution in [0.25, 0.3) is 0 Å². The van der Waals surface area contributed by atoms with Gasteiger partial charge in [0.1, 0.15) is 12.3 Å². The van der Waals surface area contributed by atoms with E-state index in [9.17, 15) is 14.7 Å². The largest absolute Gasteiger partial charge is 0.446 e. The van der Waals surface area contributed by atoms with E-state index in [0.717, 1.165) is 35.2 Å². The van der Waals surface area contributed by atoms with Crippen molar-refractivity contribution in [2.45, 2.75) is 70.7 Å². The van der Waals surface area contributed by atoms with Crippen LogP contribution in [0, 0.1) is 6.92 Å². The zero-order chi connectivity index (χ0) is 31.1. The van der Waals surface area contributed by atoms with Gasteiger partial charge in [0.05, 0.1) is 29.0 Å². The molecule has 0 unspecified atom stereocenters. The molecule has 1 aliphatic rings. The Morgan fingerprint density at radius 3 is 2.57 bits per heavy atom. The number of amides is 2. The Morgan fingerprint density at radius 1 is 1.05 bits per heavy atom. The predicted octanol–water partition coefficient (Wildman–Crippen LogP) is 4.37. The van der Waals surface area contributed by atoms with Crippen LogP contribution in [0.2, 0.25) is 0 Å². The number of rotatable bonds is 12. The molecule has 0 spiro atoms. The average Bonchev–Trinajstić information content (AvgIpc) is 3.70. The number of hydrogen-bond acceptors (Lipinski definition) is 8. The second-order valence-corrected chi connectivity index (χ2v) is 11.7. The van der Waals surface area contributed by atoms with Crippen LogP contribution in [0.4, 0.5) is 0 Å². The third-order valence-electron chi connectivity index (χ3n) is 7.93. The van der Waals surface area contributed by atoms with Crippen molar-refractivity contribution in [3.63, 3.8) is 0 Å². The summed E-state index contributed by atoms with van der Waals surface area (Å²) in [7, 11) is 0. The van der Waals surface area contributed by atoms with Gasteiger partial charge >= 0.3 is 0 Å². The minimum absolute atomic E-state index is 0.230. The lowest BCUT2D eigenvalue weighted by atomic mass is 10.00. The van der Waals surface area contributed by atoms with Gasteiger partial charge in [-0.3, -0.25) is 19.6 Å². The fraction of sp³-hybridized carbons (Fsp3) is 0.382. The topological polar surface area (TPSA) is 133 Å². The molecule has 1 aromatic carbocycles. The Bertz CT molecular complexity index is 1560.